The number of fused-ring (bicyclic) bond motifs is 1. The third kappa shape index (κ3) is 2.26. The maximum Gasteiger partial charge on any atom is 0.199 e. The number of hydrogen-bond acceptors (Lipinski definition) is 3. The Balaban J connectivity index is 2.36. The van der Waals surface area contributed by atoms with Gasteiger partial charge in [0.15, 0.2) is 11.5 Å². The Bertz CT molecular complexity index is 531. The number of carbonyl (C=O) groups excluding carboxylic acids is 1. The highest BCUT2D eigenvalue weighted by Crippen LogP contribution is 2.23. The van der Waals surface area contributed by atoms with Crippen LogP contribution in [0, 0.1) is 0 Å². The van der Waals surface area contributed by atoms with Crippen LogP contribution in [0.3, 0.4) is 0 Å². The topological polar surface area (TPSA) is 56.2 Å². The molecule has 0 aliphatic carbocycles. The Morgan fingerprint density at radius 2 is 2.25 bits per heavy atom. The van der Waals surface area contributed by atoms with E-state index < -0.39 is 0 Å². The Hall–Kier alpha value is -1.32. The van der Waals surface area contributed by atoms with Crippen LogP contribution in [-0.2, 0) is 0 Å². The minimum absolute atomic E-state index is 0.0812. The number of carbonyl (C=O) groups is 1. The van der Waals surface area contributed by atoms with Gasteiger partial charge in [-0.15, -0.1) is 0 Å². The molecule has 16 heavy (non-hydrogen) atoms. The number of halogens is 1. The molecule has 2 rings (SSSR count). The smallest absolute Gasteiger partial charge is 0.199 e. The van der Waals surface area contributed by atoms with Crippen molar-refractivity contribution in [2.45, 2.75) is 19.4 Å². The number of ketones is 1. The Morgan fingerprint density at radius 3 is 2.94 bits per heavy atom. The zero-order valence-electron chi connectivity index (χ0n) is 8.87. The van der Waals surface area contributed by atoms with Gasteiger partial charge in [-0.1, -0.05) is 11.6 Å². The first-order chi connectivity index (χ1) is 7.56. The fourth-order valence-corrected chi connectivity index (χ4v) is 1.73. The van der Waals surface area contributed by atoms with Crippen molar-refractivity contribution >= 4 is 28.4 Å². The molecule has 0 radical (unpaired) electrons. The van der Waals surface area contributed by atoms with Gasteiger partial charge in [0.1, 0.15) is 5.58 Å². The second-order valence-corrected chi connectivity index (χ2v) is 4.33. The first kappa shape index (κ1) is 11.2. The van der Waals surface area contributed by atoms with Crippen LogP contribution < -0.4 is 5.73 Å². The fraction of sp³-hybridized carbons (Fsp3) is 0.250. The number of hydrogen-bond donors (Lipinski definition) is 1. The SMILES string of the molecule is CC(N)CC(=O)c1cc2cc(Cl)ccc2o1. The van der Waals surface area contributed by atoms with Crippen molar-refractivity contribution in [3.05, 3.63) is 35.0 Å². The summed E-state index contributed by atoms with van der Waals surface area (Å²) in [7, 11) is 0. The highest BCUT2D eigenvalue weighted by Gasteiger charge is 2.13. The molecule has 1 atom stereocenters. The van der Waals surface area contributed by atoms with Crippen LogP contribution in [0.5, 0.6) is 0 Å². The molecule has 1 heterocycles. The van der Waals surface area contributed by atoms with E-state index in [4.69, 9.17) is 21.8 Å². The van der Waals surface area contributed by atoms with Gasteiger partial charge in [0.25, 0.3) is 0 Å². The molecule has 0 fully saturated rings. The van der Waals surface area contributed by atoms with Crippen molar-refractivity contribution in [3.63, 3.8) is 0 Å². The highest BCUT2D eigenvalue weighted by atomic mass is 35.5. The molecule has 1 aromatic carbocycles. The monoisotopic (exact) mass is 237 g/mol. The van der Waals surface area contributed by atoms with E-state index in [-0.39, 0.29) is 18.2 Å². The lowest BCUT2D eigenvalue weighted by molar-refractivity contribution is 0.0951. The summed E-state index contributed by atoms with van der Waals surface area (Å²) in [6, 6.07) is 6.78. The molecule has 2 aromatic rings. The number of furan rings is 1. The average Bonchev–Trinajstić information content (AvgIpc) is 2.59. The predicted molar refractivity (Wildman–Crippen MR) is 63.8 cm³/mol. The highest BCUT2D eigenvalue weighted by molar-refractivity contribution is 6.31. The standard InChI is InChI=1S/C12H12ClNO2/c1-7(14)4-10(15)12-6-8-5-9(13)2-3-11(8)16-12/h2-3,5-7H,4,14H2,1H3. The van der Waals surface area contributed by atoms with E-state index in [2.05, 4.69) is 0 Å². The summed E-state index contributed by atoms with van der Waals surface area (Å²) in [4.78, 5) is 11.7. The Morgan fingerprint density at radius 1 is 1.50 bits per heavy atom. The zero-order valence-corrected chi connectivity index (χ0v) is 9.62. The number of benzene rings is 1. The van der Waals surface area contributed by atoms with Gasteiger partial charge in [0, 0.05) is 22.9 Å². The van der Waals surface area contributed by atoms with Gasteiger partial charge < -0.3 is 10.2 Å². The molecule has 0 amide bonds. The quantitative estimate of drug-likeness (QED) is 0.835. The second kappa shape index (κ2) is 4.28. The van der Waals surface area contributed by atoms with Crippen LogP contribution in [0.4, 0.5) is 0 Å². The van der Waals surface area contributed by atoms with E-state index in [1.165, 1.54) is 0 Å². The lowest BCUT2D eigenvalue weighted by Crippen LogP contribution is -2.19. The summed E-state index contributed by atoms with van der Waals surface area (Å²) in [5.41, 5.74) is 6.23. The molecular weight excluding hydrogens is 226 g/mol. The van der Waals surface area contributed by atoms with Crippen molar-refractivity contribution in [1.82, 2.24) is 0 Å². The van der Waals surface area contributed by atoms with Gasteiger partial charge >= 0.3 is 0 Å². The van der Waals surface area contributed by atoms with E-state index in [1.807, 2.05) is 0 Å². The summed E-state index contributed by atoms with van der Waals surface area (Å²) in [6.45, 7) is 1.79. The molecule has 0 bridgehead atoms. The van der Waals surface area contributed by atoms with Crippen molar-refractivity contribution < 1.29 is 9.21 Å². The molecule has 1 unspecified atom stereocenters. The van der Waals surface area contributed by atoms with E-state index >= 15 is 0 Å². The van der Waals surface area contributed by atoms with Crippen molar-refractivity contribution in [1.29, 1.82) is 0 Å². The van der Waals surface area contributed by atoms with Crippen LogP contribution in [0.15, 0.2) is 28.7 Å². The molecule has 0 saturated heterocycles. The predicted octanol–water partition coefficient (Wildman–Crippen LogP) is 3.01. The van der Waals surface area contributed by atoms with Gasteiger partial charge in [0.05, 0.1) is 0 Å². The summed E-state index contributed by atoms with van der Waals surface area (Å²) >= 11 is 5.85. The summed E-state index contributed by atoms with van der Waals surface area (Å²) in [5, 5.41) is 1.46. The van der Waals surface area contributed by atoms with E-state index in [1.54, 1.807) is 31.2 Å². The molecular formula is C12H12ClNO2. The minimum atomic E-state index is -0.163. The average molecular weight is 238 g/mol. The lowest BCUT2D eigenvalue weighted by atomic mass is 10.1. The molecule has 0 spiro atoms. The molecule has 0 saturated carbocycles. The van der Waals surface area contributed by atoms with Crippen molar-refractivity contribution in [3.8, 4) is 0 Å². The number of Topliss-reactive ketones (excluding diaryl/α,β-unsaturated/α-hetero) is 1. The van der Waals surface area contributed by atoms with Crippen molar-refractivity contribution in [2.24, 2.45) is 5.73 Å². The summed E-state index contributed by atoms with van der Waals surface area (Å²) < 4.78 is 5.42. The summed E-state index contributed by atoms with van der Waals surface area (Å²) in [5.74, 6) is 0.261. The van der Waals surface area contributed by atoms with E-state index in [9.17, 15) is 4.79 Å². The van der Waals surface area contributed by atoms with Crippen LogP contribution in [0.2, 0.25) is 5.02 Å². The van der Waals surface area contributed by atoms with Crippen molar-refractivity contribution in [2.75, 3.05) is 0 Å². The lowest BCUT2D eigenvalue weighted by Gasteiger charge is -2.00. The van der Waals surface area contributed by atoms with Gasteiger partial charge in [-0.25, -0.2) is 0 Å². The molecule has 4 heteroatoms. The third-order valence-corrected chi connectivity index (χ3v) is 2.50. The molecule has 84 valence electrons. The first-order valence-electron chi connectivity index (χ1n) is 5.04. The number of rotatable bonds is 3. The third-order valence-electron chi connectivity index (χ3n) is 2.26. The van der Waals surface area contributed by atoms with E-state index in [0.717, 1.165) is 5.39 Å². The van der Waals surface area contributed by atoms with Crippen LogP contribution in [0.1, 0.15) is 23.9 Å². The number of nitrogens with two attached hydrogens (primary N) is 1. The molecule has 1 aromatic heterocycles. The largest absolute Gasteiger partial charge is 0.453 e. The van der Waals surface area contributed by atoms with Gasteiger partial charge in [-0.2, -0.15) is 0 Å². The molecule has 0 aliphatic heterocycles. The van der Waals surface area contributed by atoms with Gasteiger partial charge in [-0.05, 0) is 31.2 Å². The first-order valence-corrected chi connectivity index (χ1v) is 5.42. The molecule has 3 nitrogen and oxygen atoms in total. The maximum absolute atomic E-state index is 11.7. The maximum atomic E-state index is 11.7. The Labute approximate surface area is 98.2 Å². The van der Waals surface area contributed by atoms with Gasteiger partial charge in [-0.3, -0.25) is 4.79 Å². The van der Waals surface area contributed by atoms with Gasteiger partial charge in [0.2, 0.25) is 0 Å². The van der Waals surface area contributed by atoms with Crippen LogP contribution in [0.25, 0.3) is 11.0 Å². The Kier molecular flexibility index (Phi) is 2.99. The molecule has 2 N–H and O–H groups in total. The fourth-order valence-electron chi connectivity index (χ4n) is 1.54. The zero-order chi connectivity index (χ0) is 11.7. The van der Waals surface area contributed by atoms with Crippen LogP contribution in [-0.4, -0.2) is 11.8 Å². The molecule has 0 aliphatic rings. The van der Waals surface area contributed by atoms with E-state index in [0.29, 0.717) is 16.4 Å². The summed E-state index contributed by atoms with van der Waals surface area (Å²) in [6.07, 6.45) is 0.285. The minimum Gasteiger partial charge on any atom is -0.453 e. The normalized spacial score (nSPS) is 12.9. The second-order valence-electron chi connectivity index (χ2n) is 3.90. The van der Waals surface area contributed by atoms with Crippen LogP contribution >= 0.6 is 11.6 Å².